The quantitative estimate of drug-likeness (QED) is 0.212. The number of carbonyl (C=O) groups is 1. The van der Waals surface area contributed by atoms with Crippen molar-refractivity contribution in [3.63, 3.8) is 0 Å². The third kappa shape index (κ3) is 6.06. The Bertz CT molecular complexity index is 1530. The minimum atomic E-state index is -0.278. The number of benzene rings is 4. The third-order valence-corrected chi connectivity index (χ3v) is 7.51. The summed E-state index contributed by atoms with van der Waals surface area (Å²) >= 11 is 4.92. The molecule has 0 aliphatic carbocycles. The van der Waals surface area contributed by atoms with Crippen molar-refractivity contribution >= 4 is 56.2 Å². The van der Waals surface area contributed by atoms with Gasteiger partial charge >= 0.3 is 0 Å². The minimum absolute atomic E-state index is 0.127. The Kier molecular flexibility index (Phi) is 7.77. The molecule has 1 amide bonds. The first-order valence-electron chi connectivity index (χ1n) is 12.0. The Morgan fingerprint density at radius 2 is 1.58 bits per heavy atom. The summed E-state index contributed by atoms with van der Waals surface area (Å²) in [6.45, 7) is 4.36. The molecule has 1 heterocycles. The van der Waals surface area contributed by atoms with Crippen LogP contribution in [0.2, 0.25) is 0 Å². The number of hydrogen-bond donors (Lipinski definition) is 0. The molecule has 5 rings (SSSR count). The fourth-order valence-electron chi connectivity index (χ4n) is 3.82. The number of aliphatic imine (C=N–C) groups is 1. The van der Waals surface area contributed by atoms with Crippen molar-refractivity contribution in [1.29, 1.82) is 0 Å². The van der Waals surface area contributed by atoms with Gasteiger partial charge in [0.15, 0.2) is 5.17 Å². The molecular formula is C31H24BrFN2O2S. The van der Waals surface area contributed by atoms with E-state index in [2.05, 4.69) is 15.9 Å². The summed E-state index contributed by atoms with van der Waals surface area (Å²) in [5.74, 6) is 0.252. The molecule has 190 valence electrons. The van der Waals surface area contributed by atoms with E-state index < -0.39 is 0 Å². The number of anilines is 1. The van der Waals surface area contributed by atoms with Gasteiger partial charge in [-0.25, -0.2) is 9.38 Å². The van der Waals surface area contributed by atoms with Crippen molar-refractivity contribution < 1.29 is 13.9 Å². The lowest BCUT2D eigenvalue weighted by atomic mass is 10.2. The van der Waals surface area contributed by atoms with Gasteiger partial charge in [-0.2, -0.15) is 0 Å². The maximum Gasteiger partial charge on any atom is 0.271 e. The van der Waals surface area contributed by atoms with Crippen LogP contribution in [0, 0.1) is 19.7 Å². The summed E-state index contributed by atoms with van der Waals surface area (Å²) in [5.41, 5.74) is 5.54. The fourth-order valence-corrected chi connectivity index (χ4v) is 5.33. The van der Waals surface area contributed by atoms with Gasteiger partial charge in [-0.15, -0.1) is 0 Å². The molecule has 1 aliphatic heterocycles. The molecule has 0 bridgehead atoms. The van der Waals surface area contributed by atoms with Crippen LogP contribution in [0.5, 0.6) is 5.75 Å². The predicted molar refractivity (Wildman–Crippen MR) is 157 cm³/mol. The van der Waals surface area contributed by atoms with Crippen LogP contribution in [-0.4, -0.2) is 11.1 Å². The van der Waals surface area contributed by atoms with Crippen LogP contribution in [0.3, 0.4) is 0 Å². The number of carbonyl (C=O) groups excluding carboxylic acids is 1. The molecule has 4 aromatic carbocycles. The molecule has 1 fully saturated rings. The smallest absolute Gasteiger partial charge is 0.271 e. The molecule has 0 saturated carbocycles. The topological polar surface area (TPSA) is 41.9 Å². The van der Waals surface area contributed by atoms with Crippen LogP contribution in [0.4, 0.5) is 15.8 Å². The first-order valence-corrected chi connectivity index (χ1v) is 13.6. The van der Waals surface area contributed by atoms with Gasteiger partial charge in [0.25, 0.3) is 5.91 Å². The van der Waals surface area contributed by atoms with Crippen LogP contribution in [0.1, 0.15) is 22.3 Å². The number of amides is 1. The first kappa shape index (κ1) is 25.9. The molecule has 0 N–H and O–H groups in total. The first-order chi connectivity index (χ1) is 18.4. The second-order valence-electron chi connectivity index (χ2n) is 8.92. The third-order valence-electron chi connectivity index (χ3n) is 5.92. The van der Waals surface area contributed by atoms with E-state index in [1.807, 2.05) is 86.7 Å². The molecule has 0 aromatic heterocycles. The molecule has 0 radical (unpaired) electrons. The van der Waals surface area contributed by atoms with Crippen LogP contribution in [0.25, 0.3) is 6.08 Å². The van der Waals surface area contributed by atoms with E-state index in [0.717, 1.165) is 38.1 Å². The maximum atomic E-state index is 13.6. The lowest BCUT2D eigenvalue weighted by Crippen LogP contribution is -2.28. The van der Waals surface area contributed by atoms with Crippen molar-refractivity contribution in [2.45, 2.75) is 20.5 Å². The summed E-state index contributed by atoms with van der Waals surface area (Å²) < 4.78 is 19.8. The highest BCUT2D eigenvalue weighted by atomic mass is 79.9. The summed E-state index contributed by atoms with van der Waals surface area (Å²) in [4.78, 5) is 20.6. The van der Waals surface area contributed by atoms with Gasteiger partial charge in [0.05, 0.1) is 20.8 Å². The summed E-state index contributed by atoms with van der Waals surface area (Å²) in [5, 5.41) is 0.604. The van der Waals surface area contributed by atoms with Gasteiger partial charge in [-0.05, 0) is 107 Å². The maximum absolute atomic E-state index is 13.6. The summed E-state index contributed by atoms with van der Waals surface area (Å²) in [6.07, 6.45) is 1.86. The van der Waals surface area contributed by atoms with Crippen molar-refractivity contribution in [1.82, 2.24) is 0 Å². The number of amidine groups is 1. The van der Waals surface area contributed by atoms with Gasteiger partial charge in [-0.1, -0.05) is 53.6 Å². The number of thioether (sulfide) groups is 1. The van der Waals surface area contributed by atoms with Crippen molar-refractivity contribution in [2.24, 2.45) is 4.99 Å². The van der Waals surface area contributed by atoms with Crippen molar-refractivity contribution in [3.05, 3.63) is 128 Å². The molecule has 0 atom stereocenters. The lowest BCUT2D eigenvalue weighted by Gasteiger charge is -2.16. The number of rotatable bonds is 6. The van der Waals surface area contributed by atoms with Gasteiger partial charge in [-0.3, -0.25) is 9.69 Å². The highest BCUT2D eigenvalue weighted by molar-refractivity contribution is 9.10. The molecule has 0 spiro atoms. The second kappa shape index (κ2) is 11.4. The van der Waals surface area contributed by atoms with E-state index in [1.165, 1.54) is 23.9 Å². The normalized spacial score (nSPS) is 15.5. The standard InChI is InChI=1S/C31H24BrFN2O2S/c1-20-3-12-25(13-4-20)34-31-35(26-14-5-21(2)6-15-26)30(36)29(38-31)18-23-9-16-28(27(32)17-23)37-19-22-7-10-24(33)11-8-22/h3-18H,19H2,1-2H3/b29-18+,34-31?. The lowest BCUT2D eigenvalue weighted by molar-refractivity contribution is -0.113. The Labute approximate surface area is 234 Å². The van der Waals surface area contributed by atoms with Crippen LogP contribution in [-0.2, 0) is 11.4 Å². The highest BCUT2D eigenvalue weighted by Crippen LogP contribution is 2.38. The molecule has 1 saturated heterocycles. The monoisotopic (exact) mass is 586 g/mol. The number of nitrogens with zero attached hydrogens (tertiary/aromatic N) is 2. The van der Waals surface area contributed by atoms with E-state index >= 15 is 0 Å². The zero-order valence-corrected chi connectivity index (χ0v) is 23.2. The largest absolute Gasteiger partial charge is 0.488 e. The van der Waals surface area contributed by atoms with E-state index in [4.69, 9.17) is 9.73 Å². The molecule has 4 nitrogen and oxygen atoms in total. The molecule has 1 aliphatic rings. The van der Waals surface area contributed by atoms with Crippen LogP contribution in [0.15, 0.2) is 105 Å². The predicted octanol–water partition coefficient (Wildman–Crippen LogP) is 8.59. The van der Waals surface area contributed by atoms with Gasteiger partial charge in [0, 0.05) is 0 Å². The number of ether oxygens (including phenoxy) is 1. The van der Waals surface area contributed by atoms with Crippen molar-refractivity contribution in [2.75, 3.05) is 4.90 Å². The molecular weight excluding hydrogens is 563 g/mol. The molecule has 7 heteroatoms. The van der Waals surface area contributed by atoms with Gasteiger partial charge in [0.1, 0.15) is 18.2 Å². The average molecular weight is 588 g/mol. The fraction of sp³-hybridized carbons (Fsp3) is 0.0968. The molecule has 38 heavy (non-hydrogen) atoms. The average Bonchev–Trinajstić information content (AvgIpc) is 3.20. The Hall–Kier alpha value is -3.68. The number of halogens is 2. The summed E-state index contributed by atoms with van der Waals surface area (Å²) in [7, 11) is 0. The van der Waals surface area contributed by atoms with Gasteiger partial charge in [0.2, 0.25) is 0 Å². The van der Waals surface area contributed by atoms with Crippen molar-refractivity contribution in [3.8, 4) is 5.75 Å². The zero-order valence-electron chi connectivity index (χ0n) is 20.8. The SMILES string of the molecule is Cc1ccc(N=C2S/C(=C/c3ccc(OCc4ccc(F)cc4)c(Br)c3)C(=O)N2c2ccc(C)cc2)cc1. The molecule has 4 aromatic rings. The van der Waals surface area contributed by atoms with Gasteiger partial charge < -0.3 is 4.74 Å². The van der Waals surface area contributed by atoms with Crippen LogP contribution >= 0.6 is 27.7 Å². The Morgan fingerprint density at radius 3 is 2.24 bits per heavy atom. The second-order valence-corrected chi connectivity index (χ2v) is 10.8. The summed E-state index contributed by atoms with van der Waals surface area (Å²) in [6, 6.07) is 27.6. The van der Waals surface area contributed by atoms with E-state index in [-0.39, 0.29) is 11.7 Å². The molecule has 0 unspecified atom stereocenters. The number of aryl methyl sites for hydroxylation is 2. The highest BCUT2D eigenvalue weighted by Gasteiger charge is 2.34. The van der Waals surface area contributed by atoms with Crippen LogP contribution < -0.4 is 9.64 Å². The number of hydrogen-bond acceptors (Lipinski definition) is 4. The zero-order chi connectivity index (χ0) is 26.6. The minimum Gasteiger partial charge on any atom is -0.488 e. The van der Waals surface area contributed by atoms with E-state index in [0.29, 0.717) is 22.4 Å². The Balaban J connectivity index is 1.41. The van der Waals surface area contributed by atoms with E-state index in [1.54, 1.807) is 17.0 Å². The van der Waals surface area contributed by atoms with E-state index in [9.17, 15) is 9.18 Å². The Morgan fingerprint density at radius 1 is 0.921 bits per heavy atom.